The maximum absolute atomic E-state index is 13.0. The second-order valence-electron chi connectivity index (χ2n) is 9.11. The fourth-order valence-electron chi connectivity index (χ4n) is 6.60. The van der Waals surface area contributed by atoms with Crippen LogP contribution in [-0.2, 0) is 4.79 Å². The summed E-state index contributed by atoms with van der Waals surface area (Å²) < 4.78 is 0. The molecular weight excluding hydrogens is 272 g/mol. The summed E-state index contributed by atoms with van der Waals surface area (Å²) in [5, 5.41) is 10.9. The fourth-order valence-corrected chi connectivity index (χ4v) is 6.60. The Morgan fingerprint density at radius 2 is 1.95 bits per heavy atom. The van der Waals surface area contributed by atoms with Crippen LogP contribution >= 0.6 is 0 Å². The third-order valence-electron chi connectivity index (χ3n) is 7.80. The lowest BCUT2D eigenvalue weighted by Crippen LogP contribution is -2.58. The summed E-state index contributed by atoms with van der Waals surface area (Å²) in [4.78, 5) is 13.0. The minimum absolute atomic E-state index is 0.231. The van der Waals surface area contributed by atoms with Gasteiger partial charge in [-0.3, -0.25) is 4.79 Å². The van der Waals surface area contributed by atoms with Gasteiger partial charge in [0.2, 0.25) is 0 Å². The van der Waals surface area contributed by atoms with Crippen molar-refractivity contribution in [3.05, 3.63) is 23.8 Å². The third kappa shape index (κ3) is 1.48. The van der Waals surface area contributed by atoms with Gasteiger partial charge in [0, 0.05) is 5.41 Å². The van der Waals surface area contributed by atoms with Crippen molar-refractivity contribution in [2.24, 2.45) is 28.1 Å². The zero-order valence-corrected chi connectivity index (χ0v) is 14.1. The number of aliphatic hydroxyl groups excluding tert-OH is 1. The summed E-state index contributed by atoms with van der Waals surface area (Å²) in [7, 11) is 0. The second-order valence-corrected chi connectivity index (χ2v) is 9.11. The molecule has 0 aliphatic heterocycles. The van der Waals surface area contributed by atoms with Crippen molar-refractivity contribution in [1.29, 1.82) is 0 Å². The second kappa shape index (κ2) is 4.14. The number of Topliss-reactive ketones (excluding diaryl/α,β-unsaturated/α-hetero) is 1. The van der Waals surface area contributed by atoms with Crippen LogP contribution in [0.2, 0.25) is 0 Å². The van der Waals surface area contributed by atoms with Crippen molar-refractivity contribution >= 4 is 5.78 Å². The van der Waals surface area contributed by atoms with Crippen LogP contribution in [0, 0.1) is 28.1 Å². The molecule has 3 saturated carbocycles. The molecule has 4 aliphatic rings. The Morgan fingerprint density at radius 3 is 2.68 bits per heavy atom. The number of carbonyl (C=O) groups is 1. The molecule has 3 fully saturated rings. The smallest absolute Gasteiger partial charge is 0.168 e. The Balaban J connectivity index is 1.88. The molecule has 1 spiro atoms. The molecule has 5 unspecified atom stereocenters. The number of aliphatic hydroxyl groups is 1. The molecule has 0 aromatic heterocycles. The molecule has 2 nitrogen and oxygen atoms in total. The van der Waals surface area contributed by atoms with Gasteiger partial charge in [0.1, 0.15) is 0 Å². The molecule has 0 aromatic rings. The number of hydrogen-bond donors (Lipinski definition) is 1. The van der Waals surface area contributed by atoms with E-state index in [1.807, 2.05) is 0 Å². The van der Waals surface area contributed by atoms with Crippen molar-refractivity contribution in [2.45, 2.75) is 65.4 Å². The van der Waals surface area contributed by atoms with Crippen LogP contribution in [0.25, 0.3) is 0 Å². The molecular formula is C20H28O2. The number of fused-ring (bicyclic) bond motifs is 3. The summed E-state index contributed by atoms with van der Waals surface area (Å²) in [5.41, 5.74) is 1.81. The topological polar surface area (TPSA) is 37.3 Å². The number of allylic oxidation sites excluding steroid dienone is 2. The summed E-state index contributed by atoms with van der Waals surface area (Å²) in [6.45, 7) is 11.0. The Morgan fingerprint density at radius 1 is 1.23 bits per heavy atom. The molecule has 0 radical (unpaired) electrons. The predicted octanol–water partition coefficient (Wildman–Crippen LogP) is 4.05. The van der Waals surface area contributed by atoms with Crippen LogP contribution in [-0.4, -0.2) is 17.0 Å². The Labute approximate surface area is 133 Å². The van der Waals surface area contributed by atoms with E-state index in [2.05, 4.69) is 33.4 Å². The van der Waals surface area contributed by atoms with E-state index in [0.717, 1.165) is 44.1 Å². The van der Waals surface area contributed by atoms with Gasteiger partial charge in [0.05, 0.1) is 11.5 Å². The van der Waals surface area contributed by atoms with Gasteiger partial charge in [0.25, 0.3) is 0 Å². The standard InChI is InChI=1S/C20H28O2/c1-12-13-5-6-15-19(4)14(18(2,3)9-8-16(19)21)7-10-20(15,11-13)17(12)22/h6,13-14,16,21H,1,5,7-11H2,2-4H3. The van der Waals surface area contributed by atoms with Crippen LogP contribution in [0.3, 0.4) is 0 Å². The van der Waals surface area contributed by atoms with Gasteiger partial charge in [-0.2, -0.15) is 0 Å². The number of hydrogen-bond acceptors (Lipinski definition) is 2. The summed E-state index contributed by atoms with van der Waals surface area (Å²) in [5.74, 6) is 1.11. The Bertz CT molecular complexity index is 599. The molecule has 5 atom stereocenters. The normalized spacial score (nSPS) is 49.5. The van der Waals surface area contributed by atoms with E-state index in [0.29, 0.717) is 11.8 Å². The fraction of sp³-hybridized carbons (Fsp3) is 0.750. The highest BCUT2D eigenvalue weighted by Crippen LogP contribution is 2.69. The lowest BCUT2D eigenvalue weighted by molar-refractivity contribution is -0.135. The maximum Gasteiger partial charge on any atom is 0.168 e. The van der Waals surface area contributed by atoms with Crippen molar-refractivity contribution < 1.29 is 9.90 Å². The average molecular weight is 300 g/mol. The first-order chi connectivity index (χ1) is 10.2. The summed E-state index contributed by atoms with van der Waals surface area (Å²) in [6.07, 6.45) is 7.86. The van der Waals surface area contributed by atoms with Crippen LogP contribution in [0.5, 0.6) is 0 Å². The first-order valence-electron chi connectivity index (χ1n) is 8.86. The minimum Gasteiger partial charge on any atom is -0.392 e. The van der Waals surface area contributed by atoms with Crippen molar-refractivity contribution in [3.8, 4) is 0 Å². The van der Waals surface area contributed by atoms with E-state index in [-0.39, 0.29) is 28.1 Å². The van der Waals surface area contributed by atoms with Crippen LogP contribution in [0.1, 0.15) is 59.3 Å². The highest BCUT2D eigenvalue weighted by Gasteiger charge is 2.65. The van der Waals surface area contributed by atoms with Gasteiger partial charge in [-0.1, -0.05) is 39.0 Å². The van der Waals surface area contributed by atoms with E-state index in [1.54, 1.807) is 0 Å². The molecule has 1 N–H and O–H groups in total. The first-order valence-corrected chi connectivity index (χ1v) is 8.86. The summed E-state index contributed by atoms with van der Waals surface area (Å²) >= 11 is 0. The number of carbonyl (C=O) groups excluding carboxylic acids is 1. The van der Waals surface area contributed by atoms with Crippen LogP contribution in [0.15, 0.2) is 23.8 Å². The molecule has 4 rings (SSSR count). The number of ketones is 1. The lowest BCUT2D eigenvalue weighted by Gasteiger charge is -2.61. The minimum atomic E-state index is -0.320. The lowest BCUT2D eigenvalue weighted by atomic mass is 9.43. The van der Waals surface area contributed by atoms with Crippen molar-refractivity contribution in [3.63, 3.8) is 0 Å². The summed E-state index contributed by atoms with van der Waals surface area (Å²) in [6, 6.07) is 0. The molecule has 0 amide bonds. The molecule has 22 heavy (non-hydrogen) atoms. The van der Waals surface area contributed by atoms with Gasteiger partial charge >= 0.3 is 0 Å². The highest BCUT2D eigenvalue weighted by molar-refractivity contribution is 6.05. The molecule has 4 aliphatic carbocycles. The van der Waals surface area contributed by atoms with Gasteiger partial charge in [0.15, 0.2) is 5.78 Å². The zero-order valence-electron chi connectivity index (χ0n) is 14.1. The van der Waals surface area contributed by atoms with Gasteiger partial charge < -0.3 is 5.11 Å². The highest BCUT2D eigenvalue weighted by atomic mass is 16.3. The maximum atomic E-state index is 13.0. The van der Waals surface area contributed by atoms with Gasteiger partial charge in [-0.15, -0.1) is 0 Å². The quantitative estimate of drug-likeness (QED) is 0.541. The van der Waals surface area contributed by atoms with E-state index in [1.165, 1.54) is 5.57 Å². The van der Waals surface area contributed by atoms with E-state index >= 15 is 0 Å². The SMILES string of the molecule is C=C1C(=O)C23CCC4C(C)(C)CCC(O)C4(C)C2=CCC1C3. The van der Waals surface area contributed by atoms with Crippen LogP contribution < -0.4 is 0 Å². The predicted molar refractivity (Wildman–Crippen MR) is 87.2 cm³/mol. The van der Waals surface area contributed by atoms with E-state index in [4.69, 9.17) is 0 Å². The zero-order chi connectivity index (χ0) is 15.9. The Kier molecular flexibility index (Phi) is 2.76. The molecule has 120 valence electrons. The largest absolute Gasteiger partial charge is 0.392 e. The van der Waals surface area contributed by atoms with Gasteiger partial charge in [-0.25, -0.2) is 0 Å². The Hall–Kier alpha value is -0.890. The molecule has 2 heteroatoms. The van der Waals surface area contributed by atoms with E-state index < -0.39 is 0 Å². The first kappa shape index (κ1) is 14.7. The average Bonchev–Trinajstić information content (AvgIpc) is 2.65. The van der Waals surface area contributed by atoms with Crippen molar-refractivity contribution in [1.82, 2.24) is 0 Å². The monoisotopic (exact) mass is 300 g/mol. The number of rotatable bonds is 0. The van der Waals surface area contributed by atoms with Crippen LogP contribution in [0.4, 0.5) is 0 Å². The van der Waals surface area contributed by atoms with Crippen molar-refractivity contribution in [2.75, 3.05) is 0 Å². The van der Waals surface area contributed by atoms with E-state index in [9.17, 15) is 9.90 Å². The van der Waals surface area contributed by atoms with Gasteiger partial charge in [-0.05, 0) is 61.3 Å². The molecule has 0 saturated heterocycles. The molecule has 0 heterocycles. The molecule has 0 aromatic carbocycles. The third-order valence-corrected chi connectivity index (χ3v) is 7.80. The molecule has 2 bridgehead atoms.